The van der Waals surface area contributed by atoms with E-state index < -0.39 is 12.3 Å². The van der Waals surface area contributed by atoms with Crippen molar-refractivity contribution in [2.75, 3.05) is 32.8 Å². The first-order chi connectivity index (χ1) is 10.1. The van der Waals surface area contributed by atoms with Gasteiger partial charge in [-0.15, -0.1) is 0 Å². The molecule has 0 amide bonds. The Kier molecular flexibility index (Phi) is 5.71. The highest BCUT2D eigenvalue weighted by Crippen LogP contribution is 2.13. The third-order valence-corrected chi connectivity index (χ3v) is 3.01. The van der Waals surface area contributed by atoms with Gasteiger partial charge in [0.1, 0.15) is 5.75 Å². The van der Waals surface area contributed by atoms with E-state index in [1.54, 1.807) is 24.3 Å². The second kappa shape index (κ2) is 7.75. The Bertz CT molecular complexity index is 470. The van der Waals surface area contributed by atoms with Gasteiger partial charge >= 0.3 is 12.3 Å². The van der Waals surface area contributed by atoms with E-state index >= 15 is 0 Å². The highest BCUT2D eigenvalue weighted by molar-refractivity contribution is 5.86. The molecule has 1 unspecified atom stereocenters. The predicted molar refractivity (Wildman–Crippen MR) is 74.9 cm³/mol. The lowest BCUT2D eigenvalue weighted by atomic mass is 10.3. The minimum atomic E-state index is -1.22. The number of hydrogen-bond acceptors (Lipinski definition) is 6. The van der Waals surface area contributed by atoms with Crippen LogP contribution in [0.4, 0.5) is 0 Å². The Hall–Kier alpha value is -1.92. The molecular weight excluding hydrogens is 274 g/mol. The summed E-state index contributed by atoms with van der Waals surface area (Å²) in [6.45, 7) is 4.00. The van der Waals surface area contributed by atoms with E-state index in [0.717, 1.165) is 0 Å². The quantitative estimate of drug-likeness (QED) is 0.572. The number of rotatable bonds is 6. The molecule has 0 spiro atoms. The number of carbonyl (C=O) groups is 2. The predicted octanol–water partition coefficient (Wildman–Crippen LogP) is 0.856. The number of esters is 1. The minimum absolute atomic E-state index is 0.175. The summed E-state index contributed by atoms with van der Waals surface area (Å²) in [4.78, 5) is 25.4. The fraction of sp³-hybridized carbons (Fsp3) is 0.467. The van der Waals surface area contributed by atoms with Crippen LogP contribution >= 0.6 is 0 Å². The average molecular weight is 293 g/mol. The van der Waals surface area contributed by atoms with Crippen LogP contribution in [0.1, 0.15) is 6.92 Å². The standard InChI is InChI=1S/C15H19NO5/c1-12(17)20-15(21-13-5-3-2-4-6-13)14(18)11-16-7-9-19-10-8-16/h2-6,15H,7-11H2,1H3. The Labute approximate surface area is 123 Å². The fourth-order valence-corrected chi connectivity index (χ4v) is 1.98. The highest BCUT2D eigenvalue weighted by Gasteiger charge is 2.26. The normalized spacial score (nSPS) is 17.0. The molecule has 6 heteroatoms. The van der Waals surface area contributed by atoms with Crippen LogP contribution in [-0.2, 0) is 19.1 Å². The molecule has 1 saturated heterocycles. The second-order valence-corrected chi connectivity index (χ2v) is 4.73. The molecule has 21 heavy (non-hydrogen) atoms. The van der Waals surface area contributed by atoms with Crippen LogP contribution in [0, 0.1) is 0 Å². The summed E-state index contributed by atoms with van der Waals surface area (Å²) in [6.07, 6.45) is -1.22. The summed E-state index contributed by atoms with van der Waals surface area (Å²) in [6, 6.07) is 8.82. The molecule has 0 N–H and O–H groups in total. The lowest BCUT2D eigenvalue weighted by molar-refractivity contribution is -0.170. The highest BCUT2D eigenvalue weighted by atomic mass is 16.7. The number of nitrogens with zero attached hydrogens (tertiary/aromatic N) is 1. The van der Waals surface area contributed by atoms with Gasteiger partial charge in [0.15, 0.2) is 0 Å². The van der Waals surface area contributed by atoms with E-state index in [-0.39, 0.29) is 12.3 Å². The van der Waals surface area contributed by atoms with E-state index in [2.05, 4.69) is 0 Å². The number of ether oxygens (including phenoxy) is 3. The van der Waals surface area contributed by atoms with Crippen molar-refractivity contribution < 1.29 is 23.8 Å². The van der Waals surface area contributed by atoms with Gasteiger partial charge in [-0.25, -0.2) is 0 Å². The molecule has 1 aromatic rings. The zero-order valence-electron chi connectivity index (χ0n) is 12.0. The molecule has 114 valence electrons. The van der Waals surface area contributed by atoms with Crippen molar-refractivity contribution in [1.82, 2.24) is 4.90 Å². The molecule has 0 aromatic heterocycles. The summed E-state index contributed by atoms with van der Waals surface area (Å²) in [5.41, 5.74) is 0. The summed E-state index contributed by atoms with van der Waals surface area (Å²) < 4.78 is 15.7. The van der Waals surface area contributed by atoms with E-state index in [9.17, 15) is 9.59 Å². The topological polar surface area (TPSA) is 65.1 Å². The average Bonchev–Trinajstić information content (AvgIpc) is 2.48. The minimum Gasteiger partial charge on any atom is -0.448 e. The van der Waals surface area contributed by atoms with Crippen molar-refractivity contribution >= 4 is 11.8 Å². The molecule has 0 aliphatic carbocycles. The first kappa shape index (κ1) is 15.5. The summed E-state index contributed by atoms with van der Waals surface area (Å²) in [5.74, 6) is -0.346. The van der Waals surface area contributed by atoms with Gasteiger partial charge in [0.2, 0.25) is 5.78 Å². The maximum Gasteiger partial charge on any atom is 0.306 e. The van der Waals surface area contributed by atoms with Crippen LogP contribution in [0.2, 0.25) is 0 Å². The second-order valence-electron chi connectivity index (χ2n) is 4.73. The van der Waals surface area contributed by atoms with Crippen molar-refractivity contribution in [2.45, 2.75) is 13.2 Å². The van der Waals surface area contributed by atoms with Crippen molar-refractivity contribution in [3.63, 3.8) is 0 Å². The van der Waals surface area contributed by atoms with Crippen LogP contribution in [0.3, 0.4) is 0 Å². The summed E-state index contributed by atoms with van der Waals surface area (Å²) in [5, 5.41) is 0. The van der Waals surface area contributed by atoms with Gasteiger partial charge in [0.25, 0.3) is 0 Å². The van der Waals surface area contributed by atoms with Gasteiger partial charge in [0, 0.05) is 20.0 Å². The molecule has 2 rings (SSSR count). The van der Waals surface area contributed by atoms with Crippen LogP contribution in [0.5, 0.6) is 5.75 Å². The van der Waals surface area contributed by atoms with E-state index in [0.29, 0.717) is 32.1 Å². The van der Waals surface area contributed by atoms with Gasteiger partial charge in [-0.1, -0.05) is 18.2 Å². The van der Waals surface area contributed by atoms with E-state index in [1.807, 2.05) is 11.0 Å². The first-order valence-electron chi connectivity index (χ1n) is 6.87. The van der Waals surface area contributed by atoms with E-state index in [4.69, 9.17) is 14.2 Å². The summed E-state index contributed by atoms with van der Waals surface area (Å²) >= 11 is 0. The Morgan fingerprint density at radius 1 is 1.24 bits per heavy atom. The van der Waals surface area contributed by atoms with Crippen LogP contribution < -0.4 is 4.74 Å². The third kappa shape index (κ3) is 5.17. The Morgan fingerprint density at radius 3 is 2.52 bits per heavy atom. The van der Waals surface area contributed by atoms with Gasteiger partial charge in [-0.05, 0) is 12.1 Å². The zero-order chi connectivity index (χ0) is 15.1. The SMILES string of the molecule is CC(=O)OC(Oc1ccccc1)C(=O)CN1CCOCC1. The number of hydrogen-bond donors (Lipinski definition) is 0. The molecule has 1 aliphatic rings. The maximum absolute atomic E-state index is 12.3. The lowest BCUT2D eigenvalue weighted by Crippen LogP contribution is -2.44. The van der Waals surface area contributed by atoms with Gasteiger partial charge in [-0.2, -0.15) is 0 Å². The Morgan fingerprint density at radius 2 is 1.90 bits per heavy atom. The van der Waals surface area contributed by atoms with Gasteiger partial charge in [-0.3, -0.25) is 14.5 Å². The number of benzene rings is 1. The molecule has 1 aliphatic heterocycles. The first-order valence-corrected chi connectivity index (χ1v) is 6.87. The largest absolute Gasteiger partial charge is 0.448 e. The molecule has 6 nitrogen and oxygen atoms in total. The number of morpholine rings is 1. The lowest BCUT2D eigenvalue weighted by Gasteiger charge is -2.27. The number of para-hydroxylation sites is 1. The third-order valence-electron chi connectivity index (χ3n) is 3.01. The van der Waals surface area contributed by atoms with Crippen LogP contribution in [0.15, 0.2) is 30.3 Å². The number of ketones is 1. The number of carbonyl (C=O) groups excluding carboxylic acids is 2. The zero-order valence-corrected chi connectivity index (χ0v) is 12.0. The molecule has 1 aromatic carbocycles. The molecule has 1 heterocycles. The molecule has 1 atom stereocenters. The molecule has 0 saturated carbocycles. The summed E-state index contributed by atoms with van der Waals surface area (Å²) in [7, 11) is 0. The van der Waals surface area contributed by atoms with Crippen molar-refractivity contribution in [3.8, 4) is 5.75 Å². The molecular formula is C15H19NO5. The van der Waals surface area contributed by atoms with Crippen molar-refractivity contribution in [1.29, 1.82) is 0 Å². The van der Waals surface area contributed by atoms with Crippen LogP contribution in [0.25, 0.3) is 0 Å². The molecule has 1 fully saturated rings. The molecule has 0 radical (unpaired) electrons. The van der Waals surface area contributed by atoms with E-state index in [1.165, 1.54) is 6.92 Å². The smallest absolute Gasteiger partial charge is 0.306 e. The fourth-order valence-electron chi connectivity index (χ4n) is 1.98. The Balaban J connectivity index is 1.97. The molecule has 0 bridgehead atoms. The van der Waals surface area contributed by atoms with Gasteiger partial charge < -0.3 is 14.2 Å². The van der Waals surface area contributed by atoms with Crippen LogP contribution in [-0.4, -0.2) is 55.8 Å². The van der Waals surface area contributed by atoms with Crippen molar-refractivity contribution in [2.24, 2.45) is 0 Å². The van der Waals surface area contributed by atoms with Gasteiger partial charge in [0.05, 0.1) is 19.8 Å². The maximum atomic E-state index is 12.3. The monoisotopic (exact) mass is 293 g/mol. The number of Topliss-reactive ketones (excluding diaryl/α,β-unsaturated/α-hetero) is 1. The van der Waals surface area contributed by atoms with Crippen molar-refractivity contribution in [3.05, 3.63) is 30.3 Å².